The van der Waals surface area contributed by atoms with Gasteiger partial charge in [-0.3, -0.25) is 0 Å². The highest BCUT2D eigenvalue weighted by Gasteiger charge is 1.95. The topological polar surface area (TPSA) is 28.0 Å². The molecule has 0 radical (unpaired) electrons. The van der Waals surface area contributed by atoms with Crippen LogP contribution in [0.1, 0.15) is 18.1 Å². The van der Waals surface area contributed by atoms with Crippen molar-refractivity contribution in [1.29, 1.82) is 0 Å². The van der Waals surface area contributed by atoms with Crippen LogP contribution in [0.3, 0.4) is 0 Å². The molecule has 0 spiro atoms. The molecule has 0 bridgehead atoms. The van der Waals surface area contributed by atoms with E-state index in [0.29, 0.717) is 0 Å². The molecule has 0 heterocycles. The molecule has 0 amide bonds. The molecule has 0 aliphatic rings. The van der Waals surface area contributed by atoms with Crippen LogP contribution in [0.4, 0.5) is 5.69 Å². The van der Waals surface area contributed by atoms with Crippen molar-refractivity contribution < 1.29 is 0 Å². The maximum Gasteiger partial charge on any atom is 0.0671 e. The first kappa shape index (κ1) is 14.0. The van der Waals surface area contributed by atoms with Gasteiger partial charge in [0.25, 0.3) is 0 Å². The third kappa shape index (κ3) is 3.79. The fourth-order valence-electron chi connectivity index (χ4n) is 1.78. The minimum absolute atomic E-state index is 0.909. The van der Waals surface area contributed by atoms with E-state index in [0.717, 1.165) is 16.8 Å². The first-order chi connectivity index (χ1) is 9.66. The fraction of sp³-hybridized carbons (Fsp3) is 0.176. The summed E-state index contributed by atoms with van der Waals surface area (Å²) in [6.07, 6.45) is 1.77. The van der Waals surface area contributed by atoms with Crippen LogP contribution in [0, 0.1) is 0 Å². The Morgan fingerprint density at radius 3 is 2.20 bits per heavy atom. The molecule has 3 nitrogen and oxygen atoms in total. The van der Waals surface area contributed by atoms with Crippen molar-refractivity contribution in [1.82, 2.24) is 0 Å². The zero-order chi connectivity index (χ0) is 14.4. The highest BCUT2D eigenvalue weighted by Crippen LogP contribution is 2.11. The van der Waals surface area contributed by atoms with Gasteiger partial charge in [-0.2, -0.15) is 10.2 Å². The van der Waals surface area contributed by atoms with Crippen LogP contribution >= 0.6 is 0 Å². The van der Waals surface area contributed by atoms with Crippen LogP contribution < -0.4 is 4.90 Å². The lowest BCUT2D eigenvalue weighted by molar-refractivity contribution is 1.13. The van der Waals surface area contributed by atoms with Crippen LogP contribution in [0.2, 0.25) is 0 Å². The van der Waals surface area contributed by atoms with Gasteiger partial charge < -0.3 is 4.90 Å². The first-order valence-corrected chi connectivity index (χ1v) is 6.57. The Morgan fingerprint density at radius 1 is 0.950 bits per heavy atom. The number of rotatable bonds is 4. The lowest BCUT2D eigenvalue weighted by Gasteiger charge is -2.11. The monoisotopic (exact) mass is 265 g/mol. The SMILES string of the molecule is C/C(=N\N=C\c1ccc(N(C)C)cc1)c1ccccc1. The van der Waals surface area contributed by atoms with Gasteiger partial charge in [0.2, 0.25) is 0 Å². The smallest absolute Gasteiger partial charge is 0.0671 e. The Kier molecular flexibility index (Phi) is 4.66. The molecule has 0 fully saturated rings. The average Bonchev–Trinajstić information content (AvgIpc) is 2.48. The highest BCUT2D eigenvalue weighted by atomic mass is 15.2. The summed E-state index contributed by atoms with van der Waals surface area (Å²) in [5.74, 6) is 0. The first-order valence-electron chi connectivity index (χ1n) is 6.57. The Labute approximate surface area is 120 Å². The lowest BCUT2D eigenvalue weighted by atomic mass is 10.1. The van der Waals surface area contributed by atoms with E-state index in [2.05, 4.69) is 27.2 Å². The van der Waals surface area contributed by atoms with Crippen LogP contribution in [0.15, 0.2) is 64.8 Å². The summed E-state index contributed by atoms with van der Waals surface area (Å²) >= 11 is 0. The Hall–Kier alpha value is -2.42. The quantitative estimate of drug-likeness (QED) is 0.613. The third-order valence-corrected chi connectivity index (χ3v) is 3.02. The third-order valence-electron chi connectivity index (χ3n) is 3.02. The van der Waals surface area contributed by atoms with Crippen molar-refractivity contribution >= 4 is 17.6 Å². The summed E-state index contributed by atoms with van der Waals surface area (Å²) in [4.78, 5) is 2.07. The van der Waals surface area contributed by atoms with Crippen molar-refractivity contribution in [3.8, 4) is 0 Å². The molecule has 2 aromatic carbocycles. The molecule has 3 heteroatoms. The number of anilines is 1. The summed E-state index contributed by atoms with van der Waals surface area (Å²) in [6, 6.07) is 18.2. The molecule has 2 aromatic rings. The summed E-state index contributed by atoms with van der Waals surface area (Å²) in [6.45, 7) is 1.96. The van der Waals surface area contributed by atoms with Gasteiger partial charge in [-0.1, -0.05) is 42.5 Å². The van der Waals surface area contributed by atoms with E-state index < -0.39 is 0 Å². The molecule has 0 aliphatic heterocycles. The molecule has 0 aliphatic carbocycles. The molecular formula is C17H19N3. The second-order valence-corrected chi connectivity index (χ2v) is 4.78. The van der Waals surface area contributed by atoms with Crippen molar-refractivity contribution in [2.24, 2.45) is 10.2 Å². The largest absolute Gasteiger partial charge is 0.378 e. The van der Waals surface area contributed by atoms with E-state index in [4.69, 9.17) is 0 Å². The normalized spacial score (nSPS) is 11.8. The second kappa shape index (κ2) is 6.66. The van der Waals surface area contributed by atoms with Gasteiger partial charge >= 0.3 is 0 Å². The van der Waals surface area contributed by atoms with Crippen molar-refractivity contribution in [3.05, 3.63) is 65.7 Å². The zero-order valence-corrected chi connectivity index (χ0v) is 12.1. The van der Waals surface area contributed by atoms with Gasteiger partial charge in [-0.05, 0) is 30.2 Å². The predicted molar refractivity (Wildman–Crippen MR) is 87.0 cm³/mol. The van der Waals surface area contributed by atoms with Crippen molar-refractivity contribution in [2.45, 2.75) is 6.92 Å². The lowest BCUT2D eigenvalue weighted by Crippen LogP contribution is -2.08. The zero-order valence-electron chi connectivity index (χ0n) is 12.1. The van der Waals surface area contributed by atoms with Gasteiger partial charge in [0.05, 0.1) is 11.9 Å². The molecule has 0 atom stereocenters. The summed E-state index contributed by atoms with van der Waals surface area (Å²) in [7, 11) is 4.05. The maximum atomic E-state index is 4.22. The van der Waals surface area contributed by atoms with Crippen LogP contribution in [0.25, 0.3) is 0 Å². The number of hydrogen-bond donors (Lipinski definition) is 0. The molecule has 0 N–H and O–H groups in total. The molecule has 0 saturated heterocycles. The summed E-state index contributed by atoms with van der Waals surface area (Å²) in [5.41, 5.74) is 4.21. The maximum absolute atomic E-state index is 4.22. The molecule has 0 unspecified atom stereocenters. The van der Waals surface area contributed by atoms with Crippen LogP contribution in [-0.4, -0.2) is 26.0 Å². The Bertz CT molecular complexity index is 596. The van der Waals surface area contributed by atoms with E-state index >= 15 is 0 Å². The summed E-state index contributed by atoms with van der Waals surface area (Å²) < 4.78 is 0. The van der Waals surface area contributed by atoms with Gasteiger partial charge in [0.1, 0.15) is 0 Å². The molecular weight excluding hydrogens is 246 g/mol. The Morgan fingerprint density at radius 2 is 1.60 bits per heavy atom. The molecule has 2 rings (SSSR count). The predicted octanol–water partition coefficient (Wildman–Crippen LogP) is 3.60. The van der Waals surface area contributed by atoms with Crippen LogP contribution in [-0.2, 0) is 0 Å². The van der Waals surface area contributed by atoms with Gasteiger partial charge in [-0.25, -0.2) is 0 Å². The standard InChI is InChI=1S/C17H19N3/c1-14(16-7-5-4-6-8-16)19-18-13-15-9-11-17(12-10-15)20(2)3/h4-13H,1-3H3/b18-13+,19-14+. The van der Waals surface area contributed by atoms with Crippen LogP contribution in [0.5, 0.6) is 0 Å². The second-order valence-electron chi connectivity index (χ2n) is 4.78. The minimum atomic E-state index is 0.909. The Balaban J connectivity index is 2.06. The van der Waals surface area contributed by atoms with E-state index in [-0.39, 0.29) is 0 Å². The van der Waals surface area contributed by atoms with Gasteiger partial charge in [-0.15, -0.1) is 0 Å². The van der Waals surface area contributed by atoms with Crippen molar-refractivity contribution in [2.75, 3.05) is 19.0 Å². The average molecular weight is 265 g/mol. The number of nitrogens with zero attached hydrogens (tertiary/aromatic N) is 3. The van der Waals surface area contributed by atoms with Gasteiger partial charge in [0.15, 0.2) is 0 Å². The molecule has 20 heavy (non-hydrogen) atoms. The molecule has 0 aromatic heterocycles. The van der Waals surface area contributed by atoms with E-state index in [1.807, 2.05) is 63.5 Å². The van der Waals surface area contributed by atoms with E-state index in [1.54, 1.807) is 6.21 Å². The van der Waals surface area contributed by atoms with E-state index in [1.165, 1.54) is 5.69 Å². The van der Waals surface area contributed by atoms with E-state index in [9.17, 15) is 0 Å². The number of benzene rings is 2. The number of hydrogen-bond acceptors (Lipinski definition) is 3. The summed E-state index contributed by atoms with van der Waals surface area (Å²) in [5, 5.41) is 8.36. The fourth-order valence-corrected chi connectivity index (χ4v) is 1.78. The highest BCUT2D eigenvalue weighted by molar-refractivity contribution is 5.98. The van der Waals surface area contributed by atoms with Crippen molar-refractivity contribution in [3.63, 3.8) is 0 Å². The molecule has 0 saturated carbocycles. The minimum Gasteiger partial charge on any atom is -0.378 e. The molecule has 102 valence electrons. The van der Waals surface area contributed by atoms with Gasteiger partial charge in [0, 0.05) is 19.8 Å².